The Balaban J connectivity index is 1.80. The second kappa shape index (κ2) is 7.84. The highest BCUT2D eigenvalue weighted by Crippen LogP contribution is 2.26. The summed E-state index contributed by atoms with van der Waals surface area (Å²) in [5.74, 6) is -1.46. The van der Waals surface area contributed by atoms with Gasteiger partial charge in [0, 0.05) is 18.1 Å². The molecule has 2 N–H and O–H groups in total. The molecule has 2 amide bonds. The van der Waals surface area contributed by atoms with Crippen LogP contribution in [-0.4, -0.2) is 40.9 Å². The number of rotatable bonds is 4. The number of anilines is 1. The lowest BCUT2D eigenvalue weighted by atomic mass is 9.96. The highest BCUT2D eigenvalue weighted by molar-refractivity contribution is 6.31. The van der Waals surface area contributed by atoms with E-state index in [0.29, 0.717) is 53.5 Å². The number of carboxylic acids is 1. The molecule has 8 heteroatoms. The van der Waals surface area contributed by atoms with Crippen molar-refractivity contribution in [3.8, 4) is 0 Å². The minimum Gasteiger partial charge on any atom is -0.481 e. The molecule has 1 aromatic heterocycles. The summed E-state index contributed by atoms with van der Waals surface area (Å²) in [5, 5.41) is 12.2. The Morgan fingerprint density at radius 3 is 2.48 bits per heavy atom. The number of amides is 2. The molecule has 1 aliphatic heterocycles. The number of carbonyl (C=O) groups excluding carboxylic acids is 2. The third-order valence-corrected chi connectivity index (χ3v) is 4.93. The molecule has 0 aliphatic carbocycles. The molecule has 0 atom stereocenters. The Bertz CT molecular complexity index is 884. The van der Waals surface area contributed by atoms with Crippen molar-refractivity contribution < 1.29 is 23.9 Å². The van der Waals surface area contributed by atoms with Crippen molar-refractivity contribution in [1.82, 2.24) is 4.90 Å². The van der Waals surface area contributed by atoms with Gasteiger partial charge in [-0.25, -0.2) is 0 Å². The Kier molecular flexibility index (Phi) is 5.51. The summed E-state index contributed by atoms with van der Waals surface area (Å²) < 4.78 is 5.14. The van der Waals surface area contributed by atoms with Gasteiger partial charge in [0.1, 0.15) is 5.76 Å². The van der Waals surface area contributed by atoms with Crippen molar-refractivity contribution in [1.29, 1.82) is 0 Å². The van der Waals surface area contributed by atoms with Gasteiger partial charge >= 0.3 is 5.97 Å². The fraction of sp³-hybridized carbons (Fsp3) is 0.316. The van der Waals surface area contributed by atoms with Crippen LogP contribution in [0.1, 0.15) is 39.3 Å². The first kappa shape index (κ1) is 19.0. The summed E-state index contributed by atoms with van der Waals surface area (Å²) in [4.78, 5) is 38.1. The van der Waals surface area contributed by atoms with Gasteiger partial charge in [-0.3, -0.25) is 14.4 Å². The van der Waals surface area contributed by atoms with E-state index in [1.54, 1.807) is 30.0 Å². The number of nitrogens with one attached hydrogen (secondary N) is 1. The molecular weight excluding hydrogens is 372 g/mol. The molecule has 0 radical (unpaired) electrons. The number of halogens is 1. The smallest absolute Gasteiger partial charge is 0.306 e. The summed E-state index contributed by atoms with van der Waals surface area (Å²) in [6.45, 7) is 2.38. The third-order valence-electron chi connectivity index (χ3n) is 4.70. The number of piperidine rings is 1. The number of furan rings is 1. The fourth-order valence-corrected chi connectivity index (χ4v) is 3.29. The average Bonchev–Trinajstić information content (AvgIpc) is 3.07. The first-order valence-corrected chi connectivity index (χ1v) is 8.91. The molecule has 2 aromatic rings. The molecule has 0 unspecified atom stereocenters. The largest absolute Gasteiger partial charge is 0.481 e. The van der Waals surface area contributed by atoms with Crippen LogP contribution < -0.4 is 5.32 Å². The van der Waals surface area contributed by atoms with Crippen molar-refractivity contribution in [2.45, 2.75) is 19.8 Å². The zero-order valence-electron chi connectivity index (χ0n) is 14.7. The molecule has 0 saturated carbocycles. The highest BCUT2D eigenvalue weighted by Gasteiger charge is 2.29. The molecule has 2 heterocycles. The number of nitrogens with zero attached hydrogens (tertiary/aromatic N) is 1. The lowest BCUT2D eigenvalue weighted by Gasteiger charge is -2.30. The topological polar surface area (TPSA) is 99.9 Å². The lowest BCUT2D eigenvalue weighted by Crippen LogP contribution is -2.40. The van der Waals surface area contributed by atoms with Gasteiger partial charge in [-0.1, -0.05) is 11.6 Å². The summed E-state index contributed by atoms with van der Waals surface area (Å²) >= 11 is 6.04. The Hall–Kier alpha value is -2.80. The van der Waals surface area contributed by atoms with E-state index in [9.17, 15) is 14.4 Å². The van der Waals surface area contributed by atoms with Crippen molar-refractivity contribution >= 4 is 35.1 Å². The van der Waals surface area contributed by atoms with Crippen LogP contribution in [0.25, 0.3) is 0 Å². The predicted octanol–water partition coefficient (Wildman–Crippen LogP) is 3.43. The van der Waals surface area contributed by atoms with Gasteiger partial charge in [0.15, 0.2) is 0 Å². The molecule has 7 nitrogen and oxygen atoms in total. The Labute approximate surface area is 160 Å². The van der Waals surface area contributed by atoms with Gasteiger partial charge in [0.2, 0.25) is 0 Å². The van der Waals surface area contributed by atoms with Crippen LogP contribution in [0.3, 0.4) is 0 Å². The molecule has 1 saturated heterocycles. The number of hydrogen-bond acceptors (Lipinski definition) is 4. The van der Waals surface area contributed by atoms with Crippen LogP contribution in [0.15, 0.2) is 34.9 Å². The van der Waals surface area contributed by atoms with E-state index < -0.39 is 17.8 Å². The van der Waals surface area contributed by atoms with Crippen LogP contribution in [0.2, 0.25) is 5.02 Å². The first-order chi connectivity index (χ1) is 12.9. The number of hydrogen-bond donors (Lipinski definition) is 2. The number of aliphatic carboxylic acids is 1. The molecule has 0 spiro atoms. The summed E-state index contributed by atoms with van der Waals surface area (Å²) in [6.07, 6.45) is 2.23. The molecule has 3 rings (SSSR count). The van der Waals surface area contributed by atoms with Gasteiger partial charge in [-0.2, -0.15) is 0 Å². The predicted molar refractivity (Wildman–Crippen MR) is 99.1 cm³/mol. The number of carboxylic acid groups (broad SMARTS) is 1. The van der Waals surface area contributed by atoms with Gasteiger partial charge in [-0.15, -0.1) is 0 Å². The summed E-state index contributed by atoms with van der Waals surface area (Å²) in [6, 6.07) is 6.21. The minimum absolute atomic E-state index is 0.269. The zero-order chi connectivity index (χ0) is 19.6. The summed E-state index contributed by atoms with van der Waals surface area (Å²) in [7, 11) is 0. The molecular formula is C19H19ClN2O5. The maximum Gasteiger partial charge on any atom is 0.306 e. The van der Waals surface area contributed by atoms with Crippen molar-refractivity contribution in [2.75, 3.05) is 18.4 Å². The Morgan fingerprint density at radius 2 is 1.89 bits per heavy atom. The van der Waals surface area contributed by atoms with E-state index in [2.05, 4.69) is 5.32 Å². The maximum absolute atomic E-state index is 12.9. The number of carbonyl (C=O) groups is 3. The molecule has 1 aliphatic rings. The first-order valence-electron chi connectivity index (χ1n) is 8.54. The van der Waals surface area contributed by atoms with E-state index in [1.165, 1.54) is 12.3 Å². The highest BCUT2D eigenvalue weighted by atomic mass is 35.5. The quantitative estimate of drug-likeness (QED) is 0.833. The zero-order valence-corrected chi connectivity index (χ0v) is 15.5. The second-order valence-electron chi connectivity index (χ2n) is 6.44. The molecule has 1 aromatic carbocycles. The fourth-order valence-electron chi connectivity index (χ4n) is 3.12. The number of benzene rings is 1. The maximum atomic E-state index is 12.9. The minimum atomic E-state index is -0.836. The lowest BCUT2D eigenvalue weighted by molar-refractivity contribution is -0.143. The second-order valence-corrected chi connectivity index (χ2v) is 6.88. The van der Waals surface area contributed by atoms with Gasteiger partial charge in [0.25, 0.3) is 11.8 Å². The standard InChI is InChI=1S/C19H19ClN2O5/c1-11-14(6-9-27-11)17(23)21-16-10-13(20)2-3-15(16)18(24)22-7-4-12(5-8-22)19(25)26/h2-3,6,9-10,12H,4-5,7-8H2,1H3,(H,21,23)(H,25,26). The number of likely N-dealkylation sites (tertiary alicyclic amines) is 1. The third kappa shape index (κ3) is 4.14. The van der Waals surface area contributed by atoms with Crippen molar-refractivity contribution in [2.24, 2.45) is 5.92 Å². The van der Waals surface area contributed by atoms with Crippen molar-refractivity contribution in [3.05, 3.63) is 52.4 Å². The van der Waals surface area contributed by atoms with E-state index in [1.807, 2.05) is 0 Å². The van der Waals surface area contributed by atoms with Crippen molar-refractivity contribution in [3.63, 3.8) is 0 Å². The molecule has 1 fully saturated rings. The molecule has 27 heavy (non-hydrogen) atoms. The van der Waals surface area contributed by atoms with Gasteiger partial charge in [0.05, 0.1) is 29.0 Å². The van der Waals surface area contributed by atoms with E-state index >= 15 is 0 Å². The van der Waals surface area contributed by atoms with E-state index in [-0.39, 0.29) is 5.91 Å². The van der Waals surface area contributed by atoms with Gasteiger partial charge in [-0.05, 0) is 44.0 Å². The van der Waals surface area contributed by atoms with Crippen LogP contribution in [-0.2, 0) is 4.79 Å². The van der Waals surface area contributed by atoms with Crippen LogP contribution in [0, 0.1) is 12.8 Å². The normalized spacial score (nSPS) is 14.8. The molecule has 0 bridgehead atoms. The van der Waals surface area contributed by atoms with Crippen LogP contribution >= 0.6 is 11.6 Å². The van der Waals surface area contributed by atoms with E-state index in [4.69, 9.17) is 21.1 Å². The SMILES string of the molecule is Cc1occc1C(=O)Nc1cc(Cl)ccc1C(=O)N1CCC(C(=O)O)CC1. The van der Waals surface area contributed by atoms with Crippen LogP contribution in [0.4, 0.5) is 5.69 Å². The van der Waals surface area contributed by atoms with Crippen LogP contribution in [0.5, 0.6) is 0 Å². The Morgan fingerprint density at radius 1 is 1.19 bits per heavy atom. The monoisotopic (exact) mass is 390 g/mol. The van der Waals surface area contributed by atoms with Gasteiger partial charge < -0.3 is 19.7 Å². The van der Waals surface area contributed by atoms with E-state index in [0.717, 1.165) is 0 Å². The average molecular weight is 391 g/mol. The molecule has 142 valence electrons. The number of aryl methyl sites for hydroxylation is 1. The summed E-state index contributed by atoms with van der Waals surface area (Å²) in [5.41, 5.74) is 0.983.